The van der Waals surface area contributed by atoms with E-state index >= 15 is 0 Å². The first-order valence-electron chi connectivity index (χ1n) is 10.8. The Morgan fingerprint density at radius 3 is 2.38 bits per heavy atom. The number of carbonyl (C=O) groups is 1. The lowest BCUT2D eigenvalue weighted by Gasteiger charge is -2.19. The molecule has 0 saturated heterocycles. The van der Waals surface area contributed by atoms with Crippen LogP contribution in [0.25, 0.3) is 0 Å². The molecule has 1 aliphatic rings. The first kappa shape index (κ1) is 21.8. The van der Waals surface area contributed by atoms with Crippen LogP contribution in [0.15, 0.2) is 25.8 Å². The quantitative estimate of drug-likeness (QED) is 0.551. The van der Waals surface area contributed by atoms with Crippen LogP contribution >= 0.6 is 15.9 Å². The van der Waals surface area contributed by atoms with E-state index in [2.05, 4.69) is 42.0 Å². The molecule has 1 heterocycles. The van der Waals surface area contributed by atoms with Crippen LogP contribution in [0.1, 0.15) is 85.0 Å². The fourth-order valence-electron chi connectivity index (χ4n) is 4.07. The summed E-state index contributed by atoms with van der Waals surface area (Å²) in [7, 11) is 0. The topological polar surface area (TPSA) is 59.3 Å². The molecule has 0 spiro atoms. The Labute approximate surface area is 181 Å². The fourth-order valence-corrected chi connectivity index (χ4v) is 4.62. The van der Waals surface area contributed by atoms with Gasteiger partial charge in [-0.15, -0.1) is 0 Å². The van der Waals surface area contributed by atoms with Gasteiger partial charge in [0.25, 0.3) is 5.91 Å². The normalized spacial score (nSPS) is 13.2. The summed E-state index contributed by atoms with van der Waals surface area (Å²) in [6, 6.07) is 4.06. The van der Waals surface area contributed by atoms with Crippen LogP contribution in [0, 0.1) is 0 Å². The van der Waals surface area contributed by atoms with E-state index in [1.165, 1.54) is 0 Å². The second kappa shape index (κ2) is 9.75. The first-order chi connectivity index (χ1) is 14.0. The molecule has 1 N–H and O–H groups in total. The van der Waals surface area contributed by atoms with Gasteiger partial charge in [-0.05, 0) is 61.8 Å². The van der Waals surface area contributed by atoms with Crippen LogP contribution in [0.4, 0.5) is 5.69 Å². The zero-order valence-corrected chi connectivity index (χ0v) is 19.2. The summed E-state index contributed by atoms with van der Waals surface area (Å²) in [4.78, 5) is 26.6. The Kier molecular flexibility index (Phi) is 7.33. The highest BCUT2D eigenvalue weighted by molar-refractivity contribution is 9.10. The molecule has 0 atom stereocenters. The van der Waals surface area contributed by atoms with Crippen molar-refractivity contribution in [3.05, 3.63) is 60.6 Å². The lowest BCUT2D eigenvalue weighted by Crippen LogP contribution is -2.29. The summed E-state index contributed by atoms with van der Waals surface area (Å²) in [5.74, 6) is 0.990. The van der Waals surface area contributed by atoms with Crippen LogP contribution in [0.2, 0.25) is 0 Å². The third kappa shape index (κ3) is 4.66. The van der Waals surface area contributed by atoms with Gasteiger partial charge >= 0.3 is 0 Å². The number of fused-ring (bicyclic) bond motifs is 1. The van der Waals surface area contributed by atoms with Gasteiger partial charge in [-0.25, -0.2) is 0 Å². The Bertz CT molecular complexity index is 936. The van der Waals surface area contributed by atoms with Gasteiger partial charge in [0.15, 0.2) is 0 Å². The van der Waals surface area contributed by atoms with Crippen molar-refractivity contribution in [2.45, 2.75) is 78.6 Å². The number of amides is 1. The fraction of sp³-hybridized carbons (Fsp3) is 0.500. The van der Waals surface area contributed by atoms with Crippen molar-refractivity contribution in [1.29, 1.82) is 0 Å². The van der Waals surface area contributed by atoms with E-state index in [0.717, 1.165) is 72.0 Å². The highest BCUT2D eigenvalue weighted by atomic mass is 79.9. The Morgan fingerprint density at radius 2 is 1.76 bits per heavy atom. The molecular weight excluding hydrogens is 430 g/mol. The number of aryl methyl sites for hydroxylation is 4. The van der Waals surface area contributed by atoms with Gasteiger partial charge in [-0.1, -0.05) is 43.1 Å². The van der Waals surface area contributed by atoms with Gasteiger partial charge in [-0.3, -0.25) is 9.59 Å². The molecule has 0 aliphatic heterocycles. The Hall–Kier alpha value is -1.88. The monoisotopic (exact) mass is 459 g/mol. The number of carbonyl (C=O) groups excluding carboxylic acids is 1. The second-order valence-corrected chi connectivity index (χ2v) is 8.62. The van der Waals surface area contributed by atoms with Crippen LogP contribution in [-0.4, -0.2) is 5.91 Å². The maximum atomic E-state index is 13.3. The van der Waals surface area contributed by atoms with E-state index in [1.54, 1.807) is 0 Å². The van der Waals surface area contributed by atoms with Crippen LogP contribution < -0.4 is 10.7 Å². The zero-order valence-electron chi connectivity index (χ0n) is 17.6. The van der Waals surface area contributed by atoms with Crippen molar-refractivity contribution in [3.63, 3.8) is 0 Å². The number of benzene rings is 1. The van der Waals surface area contributed by atoms with Crippen LogP contribution in [0.3, 0.4) is 0 Å². The minimum Gasteiger partial charge on any atom is -0.465 e. The van der Waals surface area contributed by atoms with Gasteiger partial charge in [0.05, 0.1) is 0 Å². The molecule has 0 bridgehead atoms. The smallest absolute Gasteiger partial charge is 0.263 e. The van der Waals surface area contributed by atoms with Gasteiger partial charge < -0.3 is 9.73 Å². The van der Waals surface area contributed by atoms with Gasteiger partial charge in [-0.2, -0.15) is 0 Å². The van der Waals surface area contributed by atoms with Crippen molar-refractivity contribution in [2.75, 3.05) is 5.32 Å². The lowest BCUT2D eigenvalue weighted by atomic mass is 9.94. The molecule has 29 heavy (non-hydrogen) atoms. The number of anilines is 1. The summed E-state index contributed by atoms with van der Waals surface area (Å²) in [5, 5.41) is 3.07. The lowest BCUT2D eigenvalue weighted by molar-refractivity contribution is 0.102. The number of hydrogen-bond donors (Lipinski definition) is 1. The highest BCUT2D eigenvalue weighted by Crippen LogP contribution is 2.29. The molecule has 0 fully saturated rings. The van der Waals surface area contributed by atoms with Crippen molar-refractivity contribution in [2.24, 2.45) is 0 Å². The number of hydrogen-bond acceptors (Lipinski definition) is 3. The molecule has 0 saturated carbocycles. The number of nitrogens with one attached hydrogen (secondary N) is 1. The average Bonchev–Trinajstić information content (AvgIpc) is 2.72. The molecule has 3 rings (SSSR count). The highest BCUT2D eigenvalue weighted by Gasteiger charge is 2.26. The molecule has 1 aromatic heterocycles. The van der Waals surface area contributed by atoms with E-state index in [1.807, 2.05) is 12.1 Å². The molecule has 1 amide bonds. The Morgan fingerprint density at radius 1 is 1.10 bits per heavy atom. The van der Waals surface area contributed by atoms with Crippen LogP contribution in [0.5, 0.6) is 0 Å². The number of halogens is 1. The SMILES string of the molecule is CCCCc1oc2c(c(=O)c1C(=O)Nc1c(CC)cc(Br)cc1CC)CCCC2. The third-order valence-corrected chi connectivity index (χ3v) is 6.15. The molecule has 4 nitrogen and oxygen atoms in total. The third-order valence-electron chi connectivity index (χ3n) is 5.69. The molecule has 1 aromatic carbocycles. The minimum absolute atomic E-state index is 0.136. The number of unbranched alkanes of at least 4 members (excludes halogenated alkanes) is 1. The van der Waals surface area contributed by atoms with E-state index in [4.69, 9.17) is 4.42 Å². The van der Waals surface area contributed by atoms with E-state index in [0.29, 0.717) is 24.2 Å². The van der Waals surface area contributed by atoms with Crippen molar-refractivity contribution in [3.8, 4) is 0 Å². The zero-order chi connectivity index (χ0) is 21.0. The largest absolute Gasteiger partial charge is 0.465 e. The van der Waals surface area contributed by atoms with Crippen molar-refractivity contribution in [1.82, 2.24) is 0 Å². The second-order valence-electron chi connectivity index (χ2n) is 7.70. The standard InChI is InChI=1S/C24H30BrNO3/c1-4-7-11-20-21(23(27)18-10-8-9-12-19(18)29-20)24(28)26-22-15(5-2)13-17(25)14-16(22)6-3/h13-14H,4-12H2,1-3H3,(H,26,28). The van der Waals surface area contributed by atoms with E-state index in [-0.39, 0.29) is 16.9 Å². The summed E-state index contributed by atoms with van der Waals surface area (Å²) in [6.07, 6.45) is 7.57. The molecular formula is C24H30BrNO3. The maximum absolute atomic E-state index is 13.3. The molecule has 0 radical (unpaired) electrons. The summed E-state index contributed by atoms with van der Waals surface area (Å²) in [5.41, 5.74) is 3.70. The first-order valence-corrected chi connectivity index (χ1v) is 11.6. The van der Waals surface area contributed by atoms with Crippen LogP contribution in [-0.2, 0) is 32.1 Å². The van der Waals surface area contributed by atoms with Gasteiger partial charge in [0, 0.05) is 28.6 Å². The van der Waals surface area contributed by atoms with Gasteiger partial charge in [0.1, 0.15) is 17.1 Å². The molecule has 0 unspecified atom stereocenters. The molecule has 1 aliphatic carbocycles. The molecule has 156 valence electrons. The van der Waals surface area contributed by atoms with Crippen molar-refractivity contribution < 1.29 is 9.21 Å². The van der Waals surface area contributed by atoms with E-state index in [9.17, 15) is 9.59 Å². The van der Waals surface area contributed by atoms with E-state index < -0.39 is 0 Å². The average molecular weight is 460 g/mol. The summed E-state index contributed by atoms with van der Waals surface area (Å²) >= 11 is 3.56. The predicted octanol–water partition coefficient (Wildman–Crippen LogP) is 6.00. The minimum atomic E-state index is -0.343. The molecule has 2 aromatic rings. The van der Waals surface area contributed by atoms with Crippen molar-refractivity contribution >= 4 is 27.5 Å². The predicted molar refractivity (Wildman–Crippen MR) is 121 cm³/mol. The maximum Gasteiger partial charge on any atom is 0.263 e. The number of rotatable bonds is 7. The summed E-state index contributed by atoms with van der Waals surface area (Å²) in [6.45, 7) is 6.23. The Balaban J connectivity index is 2.06. The van der Waals surface area contributed by atoms with Gasteiger partial charge in [0.2, 0.25) is 5.43 Å². The molecule has 5 heteroatoms. The summed E-state index contributed by atoms with van der Waals surface area (Å²) < 4.78 is 7.14.